The standard InChI is InChI=1S/C23H23N7/c1-15-7-6-10-18(13-15)26-22-28-21(25-17-8-4-3-5-9-17)29-23(30-22)27-19-12-11-16(2)20(24)14-19/h3-14H,24H2,1-2H3,(H3,25,26,27,28,29,30). The Kier molecular flexibility index (Phi) is 5.43. The first-order chi connectivity index (χ1) is 14.5. The van der Waals surface area contributed by atoms with E-state index in [1.54, 1.807) is 0 Å². The molecule has 0 aliphatic carbocycles. The number of nitrogen functional groups attached to an aromatic ring is 1. The third-order valence-electron chi connectivity index (χ3n) is 4.47. The second-order valence-corrected chi connectivity index (χ2v) is 6.99. The van der Waals surface area contributed by atoms with Crippen LogP contribution in [0.5, 0.6) is 0 Å². The molecule has 1 heterocycles. The van der Waals surface area contributed by atoms with Crippen molar-refractivity contribution in [2.75, 3.05) is 21.7 Å². The van der Waals surface area contributed by atoms with Crippen LogP contribution in [0.15, 0.2) is 72.8 Å². The molecule has 0 aliphatic heterocycles. The SMILES string of the molecule is Cc1cccc(Nc2nc(Nc3ccccc3)nc(Nc3ccc(C)c(N)c3)n2)c1. The molecule has 0 atom stereocenters. The molecule has 4 rings (SSSR count). The van der Waals surface area contributed by atoms with E-state index >= 15 is 0 Å². The van der Waals surface area contributed by atoms with Gasteiger partial charge >= 0.3 is 0 Å². The number of hydrogen-bond acceptors (Lipinski definition) is 7. The summed E-state index contributed by atoms with van der Waals surface area (Å²) in [5, 5.41) is 9.69. The molecule has 0 amide bonds. The summed E-state index contributed by atoms with van der Waals surface area (Å²) >= 11 is 0. The molecule has 0 unspecified atom stereocenters. The molecule has 0 radical (unpaired) electrons. The van der Waals surface area contributed by atoms with Crippen LogP contribution in [0.4, 0.5) is 40.6 Å². The largest absolute Gasteiger partial charge is 0.398 e. The molecular formula is C23H23N7. The zero-order valence-corrected chi connectivity index (χ0v) is 16.8. The minimum Gasteiger partial charge on any atom is -0.398 e. The third-order valence-corrected chi connectivity index (χ3v) is 4.47. The van der Waals surface area contributed by atoms with Crippen LogP contribution in [0.1, 0.15) is 11.1 Å². The van der Waals surface area contributed by atoms with Gasteiger partial charge < -0.3 is 21.7 Å². The summed E-state index contributed by atoms with van der Waals surface area (Å²) in [6.45, 7) is 4.00. The summed E-state index contributed by atoms with van der Waals surface area (Å²) in [4.78, 5) is 13.5. The van der Waals surface area contributed by atoms with E-state index in [0.717, 1.165) is 28.2 Å². The molecule has 3 aromatic carbocycles. The van der Waals surface area contributed by atoms with Crippen LogP contribution in [-0.4, -0.2) is 15.0 Å². The topological polar surface area (TPSA) is 101 Å². The first-order valence-corrected chi connectivity index (χ1v) is 9.60. The minimum absolute atomic E-state index is 0.404. The lowest BCUT2D eigenvalue weighted by Gasteiger charge is -2.12. The van der Waals surface area contributed by atoms with Gasteiger partial charge in [0.15, 0.2) is 0 Å². The van der Waals surface area contributed by atoms with Crippen LogP contribution in [0.25, 0.3) is 0 Å². The lowest BCUT2D eigenvalue weighted by molar-refractivity contribution is 1.06. The van der Waals surface area contributed by atoms with Gasteiger partial charge in [-0.15, -0.1) is 0 Å². The van der Waals surface area contributed by atoms with Gasteiger partial charge in [0.1, 0.15) is 0 Å². The normalized spacial score (nSPS) is 10.5. The predicted octanol–water partition coefficient (Wildman–Crippen LogP) is 5.30. The smallest absolute Gasteiger partial charge is 0.233 e. The molecule has 7 nitrogen and oxygen atoms in total. The number of para-hydroxylation sites is 1. The average molecular weight is 397 g/mol. The zero-order chi connectivity index (χ0) is 20.9. The number of nitrogens with two attached hydrogens (primary N) is 1. The number of rotatable bonds is 6. The predicted molar refractivity (Wildman–Crippen MR) is 123 cm³/mol. The van der Waals surface area contributed by atoms with Crippen LogP contribution in [-0.2, 0) is 0 Å². The van der Waals surface area contributed by atoms with Crippen molar-refractivity contribution in [2.24, 2.45) is 0 Å². The van der Waals surface area contributed by atoms with Crippen LogP contribution >= 0.6 is 0 Å². The Labute approximate surface area is 175 Å². The molecule has 0 bridgehead atoms. The number of anilines is 7. The van der Waals surface area contributed by atoms with E-state index < -0.39 is 0 Å². The molecule has 30 heavy (non-hydrogen) atoms. The molecule has 4 aromatic rings. The van der Waals surface area contributed by atoms with Gasteiger partial charge in [-0.05, 0) is 61.4 Å². The Morgan fingerprint density at radius 2 is 1.17 bits per heavy atom. The summed E-state index contributed by atoms with van der Waals surface area (Å²) < 4.78 is 0. The fourth-order valence-electron chi connectivity index (χ4n) is 2.89. The van der Waals surface area contributed by atoms with Crippen molar-refractivity contribution in [3.63, 3.8) is 0 Å². The van der Waals surface area contributed by atoms with E-state index in [4.69, 9.17) is 5.73 Å². The lowest BCUT2D eigenvalue weighted by Crippen LogP contribution is -2.07. The van der Waals surface area contributed by atoms with Crippen LogP contribution in [0, 0.1) is 13.8 Å². The highest BCUT2D eigenvalue weighted by Gasteiger charge is 2.09. The van der Waals surface area contributed by atoms with Gasteiger partial charge in [0.25, 0.3) is 0 Å². The van der Waals surface area contributed by atoms with E-state index in [1.165, 1.54) is 0 Å². The molecule has 150 valence electrons. The molecule has 0 saturated heterocycles. The van der Waals surface area contributed by atoms with Crippen molar-refractivity contribution in [1.82, 2.24) is 15.0 Å². The van der Waals surface area contributed by atoms with Crippen molar-refractivity contribution in [3.05, 3.63) is 83.9 Å². The molecule has 0 aliphatic rings. The Hall–Kier alpha value is -4.13. The Morgan fingerprint density at radius 1 is 0.600 bits per heavy atom. The summed E-state index contributed by atoms with van der Waals surface area (Å²) in [5.41, 5.74) is 11.5. The molecule has 1 aromatic heterocycles. The van der Waals surface area contributed by atoms with Crippen LogP contribution < -0.4 is 21.7 Å². The fourth-order valence-corrected chi connectivity index (χ4v) is 2.89. The van der Waals surface area contributed by atoms with Gasteiger partial charge in [-0.2, -0.15) is 15.0 Å². The maximum absolute atomic E-state index is 6.03. The van der Waals surface area contributed by atoms with E-state index in [2.05, 4.69) is 30.9 Å². The maximum Gasteiger partial charge on any atom is 0.233 e. The van der Waals surface area contributed by atoms with Crippen molar-refractivity contribution in [1.29, 1.82) is 0 Å². The molecule has 7 heteroatoms. The maximum atomic E-state index is 6.03. The second kappa shape index (κ2) is 8.48. The highest BCUT2D eigenvalue weighted by Crippen LogP contribution is 2.23. The quantitative estimate of drug-likeness (QED) is 0.327. The number of nitrogens with zero attached hydrogens (tertiary/aromatic N) is 3. The highest BCUT2D eigenvalue weighted by atomic mass is 15.3. The van der Waals surface area contributed by atoms with Gasteiger partial charge in [-0.3, -0.25) is 0 Å². The molecule has 0 fully saturated rings. The number of benzene rings is 3. The zero-order valence-electron chi connectivity index (χ0n) is 16.8. The Balaban J connectivity index is 1.66. The number of hydrogen-bond donors (Lipinski definition) is 4. The number of nitrogens with one attached hydrogen (secondary N) is 3. The van der Waals surface area contributed by atoms with Crippen molar-refractivity contribution in [3.8, 4) is 0 Å². The molecule has 0 spiro atoms. The van der Waals surface area contributed by atoms with E-state index in [9.17, 15) is 0 Å². The van der Waals surface area contributed by atoms with E-state index in [-0.39, 0.29) is 0 Å². The molecule has 5 N–H and O–H groups in total. The summed E-state index contributed by atoms with van der Waals surface area (Å²) in [7, 11) is 0. The summed E-state index contributed by atoms with van der Waals surface area (Å²) in [6.07, 6.45) is 0. The van der Waals surface area contributed by atoms with Crippen molar-refractivity contribution in [2.45, 2.75) is 13.8 Å². The second-order valence-electron chi connectivity index (χ2n) is 6.99. The monoisotopic (exact) mass is 397 g/mol. The number of aromatic nitrogens is 3. The van der Waals surface area contributed by atoms with Crippen molar-refractivity contribution >= 4 is 40.6 Å². The third kappa shape index (κ3) is 4.82. The van der Waals surface area contributed by atoms with Crippen LogP contribution in [0.2, 0.25) is 0 Å². The van der Waals surface area contributed by atoms with Crippen molar-refractivity contribution < 1.29 is 0 Å². The fraction of sp³-hybridized carbons (Fsp3) is 0.0870. The average Bonchev–Trinajstić information content (AvgIpc) is 2.71. The van der Waals surface area contributed by atoms with Gasteiger partial charge in [-0.25, -0.2) is 0 Å². The summed E-state index contributed by atoms with van der Waals surface area (Å²) in [5.74, 6) is 1.26. The highest BCUT2D eigenvalue weighted by molar-refractivity contribution is 5.65. The first-order valence-electron chi connectivity index (χ1n) is 9.60. The van der Waals surface area contributed by atoms with Gasteiger partial charge in [0.2, 0.25) is 17.8 Å². The van der Waals surface area contributed by atoms with Crippen LogP contribution in [0.3, 0.4) is 0 Å². The van der Waals surface area contributed by atoms with E-state index in [1.807, 2.05) is 86.6 Å². The lowest BCUT2D eigenvalue weighted by atomic mass is 10.2. The Morgan fingerprint density at radius 3 is 1.77 bits per heavy atom. The molecule has 0 saturated carbocycles. The van der Waals surface area contributed by atoms with Gasteiger partial charge in [-0.1, -0.05) is 36.4 Å². The summed E-state index contributed by atoms with van der Waals surface area (Å²) in [6, 6.07) is 23.5. The van der Waals surface area contributed by atoms with E-state index in [0.29, 0.717) is 23.5 Å². The molecular weight excluding hydrogens is 374 g/mol. The Bertz CT molecular complexity index is 1160. The van der Waals surface area contributed by atoms with Gasteiger partial charge in [0, 0.05) is 22.7 Å². The minimum atomic E-state index is 0.404. The number of aryl methyl sites for hydroxylation is 2. The first kappa shape index (κ1) is 19.2. The van der Waals surface area contributed by atoms with Gasteiger partial charge in [0.05, 0.1) is 0 Å².